The van der Waals surface area contributed by atoms with Gasteiger partial charge in [-0.1, -0.05) is 11.6 Å². The van der Waals surface area contributed by atoms with Gasteiger partial charge < -0.3 is 46.0 Å². The van der Waals surface area contributed by atoms with Crippen LogP contribution in [0.25, 0.3) is 11.0 Å². The number of fused-ring (bicyclic) bond motifs is 1. The van der Waals surface area contributed by atoms with Gasteiger partial charge in [0.2, 0.25) is 0 Å². The second-order valence-corrected chi connectivity index (χ2v) is 8.67. The molecule has 3 aromatic rings. The Morgan fingerprint density at radius 1 is 1.14 bits per heavy atom. The number of rotatable bonds is 14. The van der Waals surface area contributed by atoms with Gasteiger partial charge in [0.1, 0.15) is 38.0 Å². The number of hydrogen-bond donors (Lipinski definition) is 4. The summed E-state index contributed by atoms with van der Waals surface area (Å²) in [7, 11) is 1.55. The second-order valence-electron chi connectivity index (χ2n) is 8.31. The molecule has 0 saturated carbocycles. The van der Waals surface area contributed by atoms with Gasteiger partial charge in [-0.3, -0.25) is 4.79 Å². The molecule has 1 amide bonds. The molecule has 14 nitrogen and oxygen atoms in total. The molecule has 19 heteroatoms. The number of carboxylic acids is 1. The van der Waals surface area contributed by atoms with E-state index >= 15 is 0 Å². The molecule has 3 rings (SSSR count). The average Bonchev–Trinajstić information content (AvgIpc) is 3.24. The number of aryl methyl sites for hydroxylation is 1. The summed E-state index contributed by atoms with van der Waals surface area (Å²) in [6.07, 6.45) is -5.19. The van der Waals surface area contributed by atoms with Gasteiger partial charge in [-0.05, 0) is 12.1 Å². The van der Waals surface area contributed by atoms with Crippen molar-refractivity contribution in [1.29, 1.82) is 0 Å². The van der Waals surface area contributed by atoms with Crippen LogP contribution >= 0.6 is 11.6 Å². The van der Waals surface area contributed by atoms with Crippen LogP contribution in [0.2, 0.25) is 5.15 Å². The largest absolute Gasteiger partial charge is 0.542 e. The van der Waals surface area contributed by atoms with Crippen molar-refractivity contribution >= 4 is 46.1 Å². The van der Waals surface area contributed by atoms with E-state index in [9.17, 15) is 22.4 Å². The summed E-state index contributed by atoms with van der Waals surface area (Å²) < 4.78 is 65.0. The number of nitrogens with two attached hydrogens (primary N) is 2. The van der Waals surface area contributed by atoms with Crippen LogP contribution in [0.3, 0.4) is 0 Å². The Hall–Kier alpha value is -4.00. The van der Waals surface area contributed by atoms with E-state index in [2.05, 4.69) is 15.3 Å². The van der Waals surface area contributed by atoms with Gasteiger partial charge in [0.15, 0.2) is 33.5 Å². The number of carbonyl (C=O) groups is 2. The number of halogens is 5. The van der Waals surface area contributed by atoms with Gasteiger partial charge >= 0.3 is 6.18 Å². The standard InChI is InChI=1S/C22H29ClFN7O5.C2HF3O2/c1-34-14-2-3-15-16(12-14)30(5-4-24)17(31(15)6-8-35-10-11-36-9-7-32)13-27-22(33)18-20(25)29-21(26)19(23)28-18;3-2(4,5)1(6)7/h2-3,12,32H,4-11,13H2,1H3,(H4-,25,26,27,29,33);(H,6,7). The topological polar surface area (TPSA) is 204 Å². The SMILES string of the molecule is COc1ccc2c(c1)n(CCF)c(CNC(=O)c1nc(Cl)c(N)nc1N)[n+]2CCOCCOCCO.O=C([O-])C(F)(F)F. The van der Waals surface area contributed by atoms with E-state index in [0.717, 1.165) is 11.0 Å². The predicted octanol–water partition coefficient (Wildman–Crippen LogP) is -0.231. The summed E-state index contributed by atoms with van der Waals surface area (Å²) in [5.74, 6) is -2.62. The first kappa shape index (κ1) is 35.2. The van der Waals surface area contributed by atoms with Gasteiger partial charge in [0.05, 0.1) is 40.1 Å². The summed E-state index contributed by atoms with van der Waals surface area (Å²) in [6, 6.07) is 5.47. The Balaban J connectivity index is 0.000000821. The highest BCUT2D eigenvalue weighted by atomic mass is 35.5. The normalized spacial score (nSPS) is 11.2. The number of anilines is 2. The number of amides is 1. The number of benzene rings is 1. The molecule has 0 spiro atoms. The van der Waals surface area contributed by atoms with Crippen molar-refractivity contribution in [1.82, 2.24) is 19.9 Å². The van der Waals surface area contributed by atoms with Crippen molar-refractivity contribution in [2.45, 2.75) is 25.8 Å². The number of aliphatic carboxylic acids is 1. The molecule has 0 bridgehead atoms. The third kappa shape index (κ3) is 10.1. The van der Waals surface area contributed by atoms with Crippen LogP contribution in [0.15, 0.2) is 18.2 Å². The fourth-order valence-electron chi connectivity index (χ4n) is 3.67. The lowest BCUT2D eigenvalue weighted by atomic mass is 10.3. The van der Waals surface area contributed by atoms with E-state index in [0.29, 0.717) is 37.9 Å². The lowest BCUT2D eigenvalue weighted by molar-refractivity contribution is -0.681. The fraction of sp³-hybridized carbons (Fsp3) is 0.458. The fourth-order valence-corrected chi connectivity index (χ4v) is 3.79. The van der Waals surface area contributed by atoms with Crippen molar-refractivity contribution in [3.63, 3.8) is 0 Å². The zero-order chi connectivity index (χ0) is 32.2. The quantitative estimate of drug-likeness (QED) is 0.103. The maximum atomic E-state index is 13.6. The maximum Gasteiger partial charge on any atom is 0.430 e. The van der Waals surface area contributed by atoms with Gasteiger partial charge in [-0.15, -0.1) is 0 Å². The molecule has 0 aliphatic carbocycles. The third-order valence-corrected chi connectivity index (χ3v) is 5.80. The van der Waals surface area contributed by atoms with Crippen molar-refractivity contribution in [2.75, 3.05) is 58.3 Å². The highest BCUT2D eigenvalue weighted by Crippen LogP contribution is 2.22. The molecular formula is C24H30ClF4N7O7. The second kappa shape index (κ2) is 16.6. The molecule has 0 radical (unpaired) electrons. The molecule has 6 N–H and O–H groups in total. The number of methoxy groups -OCH3 is 1. The smallest absolute Gasteiger partial charge is 0.430 e. The molecule has 2 aromatic heterocycles. The highest BCUT2D eigenvalue weighted by Gasteiger charge is 2.29. The highest BCUT2D eigenvalue weighted by molar-refractivity contribution is 6.31. The molecule has 2 heterocycles. The first-order valence-electron chi connectivity index (χ1n) is 12.4. The first-order chi connectivity index (χ1) is 20.3. The minimum Gasteiger partial charge on any atom is -0.542 e. The number of aliphatic hydroxyl groups is 1. The number of imidazole rings is 1. The number of nitrogens with zero attached hydrogens (tertiary/aromatic N) is 4. The van der Waals surface area contributed by atoms with Crippen LogP contribution in [0.5, 0.6) is 5.75 Å². The van der Waals surface area contributed by atoms with Gasteiger partial charge in [0.25, 0.3) is 11.7 Å². The number of aliphatic hydroxyl groups excluding tert-OH is 1. The number of carbonyl (C=O) groups excluding carboxylic acids is 2. The minimum atomic E-state index is -5.19. The molecule has 43 heavy (non-hydrogen) atoms. The van der Waals surface area contributed by atoms with Crippen molar-refractivity contribution in [2.24, 2.45) is 0 Å². The molecule has 0 atom stereocenters. The molecule has 0 fully saturated rings. The van der Waals surface area contributed by atoms with Crippen LogP contribution in [0, 0.1) is 0 Å². The summed E-state index contributed by atoms with van der Waals surface area (Å²) >= 11 is 5.90. The number of carboxylic acid groups (broad SMARTS) is 1. The van der Waals surface area contributed by atoms with Gasteiger partial charge in [-0.2, -0.15) is 13.2 Å². The van der Waals surface area contributed by atoms with E-state index in [4.69, 9.17) is 52.3 Å². The van der Waals surface area contributed by atoms with Crippen molar-refractivity contribution < 1.29 is 56.1 Å². The van der Waals surface area contributed by atoms with E-state index in [1.54, 1.807) is 23.8 Å². The molecule has 1 aromatic carbocycles. The summed E-state index contributed by atoms with van der Waals surface area (Å²) in [5.41, 5.74) is 12.8. The zero-order valence-electron chi connectivity index (χ0n) is 22.8. The first-order valence-corrected chi connectivity index (χ1v) is 12.8. The Morgan fingerprint density at radius 3 is 2.37 bits per heavy atom. The lowest BCUT2D eigenvalue weighted by Gasteiger charge is -2.09. The number of alkyl halides is 4. The minimum absolute atomic E-state index is 0.0263. The van der Waals surface area contributed by atoms with Crippen LogP contribution in [0.1, 0.15) is 16.3 Å². The Morgan fingerprint density at radius 2 is 1.79 bits per heavy atom. The summed E-state index contributed by atoms with van der Waals surface area (Å²) in [4.78, 5) is 29.4. The number of nitrogen functional groups attached to an aromatic ring is 2. The third-order valence-electron chi connectivity index (χ3n) is 5.52. The monoisotopic (exact) mass is 639 g/mol. The van der Waals surface area contributed by atoms with Crippen molar-refractivity contribution in [3.8, 4) is 5.75 Å². The zero-order valence-corrected chi connectivity index (χ0v) is 23.6. The Bertz CT molecular complexity index is 1390. The average molecular weight is 640 g/mol. The molecule has 0 aliphatic rings. The number of ether oxygens (including phenoxy) is 3. The van der Waals surface area contributed by atoms with Crippen LogP contribution in [0.4, 0.5) is 29.2 Å². The molecule has 0 saturated heterocycles. The van der Waals surface area contributed by atoms with Gasteiger partial charge in [0, 0.05) is 6.07 Å². The van der Waals surface area contributed by atoms with Crippen LogP contribution in [-0.4, -0.2) is 84.5 Å². The number of nitrogens with one attached hydrogen (secondary N) is 1. The number of aromatic nitrogens is 4. The van der Waals surface area contributed by atoms with E-state index in [1.807, 2.05) is 10.6 Å². The van der Waals surface area contributed by atoms with Crippen LogP contribution in [-0.2, 0) is 33.9 Å². The van der Waals surface area contributed by atoms with E-state index < -0.39 is 24.7 Å². The van der Waals surface area contributed by atoms with Gasteiger partial charge in [-0.25, -0.2) is 23.5 Å². The van der Waals surface area contributed by atoms with E-state index in [1.165, 1.54) is 0 Å². The number of hydrogen-bond acceptors (Lipinski definition) is 11. The van der Waals surface area contributed by atoms with E-state index in [-0.39, 0.29) is 48.8 Å². The molecule has 0 unspecified atom stereocenters. The van der Waals surface area contributed by atoms with Crippen LogP contribution < -0.4 is 31.2 Å². The molecule has 238 valence electrons. The molecular weight excluding hydrogens is 610 g/mol. The summed E-state index contributed by atoms with van der Waals surface area (Å²) in [5, 5.41) is 20.2. The summed E-state index contributed by atoms with van der Waals surface area (Å²) in [6.45, 7) is 1.11. The predicted molar refractivity (Wildman–Crippen MR) is 141 cm³/mol. The molecule has 0 aliphatic heterocycles. The lowest BCUT2D eigenvalue weighted by Crippen LogP contribution is -2.43. The maximum absolute atomic E-state index is 13.6. The van der Waals surface area contributed by atoms with Crippen molar-refractivity contribution in [3.05, 3.63) is 34.9 Å². The Kier molecular flexibility index (Phi) is 13.6. The Labute approximate surface area is 247 Å².